The number of hydrogen-bond acceptors (Lipinski definition) is 2. The van der Waals surface area contributed by atoms with Gasteiger partial charge in [-0.3, -0.25) is 4.79 Å². The number of carbonyl (C=O) groups excluding carboxylic acids is 1. The summed E-state index contributed by atoms with van der Waals surface area (Å²) in [6.07, 6.45) is 3.83. The van der Waals surface area contributed by atoms with Gasteiger partial charge < -0.3 is 11.1 Å². The third-order valence-corrected chi connectivity index (χ3v) is 5.70. The number of halogens is 2. The summed E-state index contributed by atoms with van der Waals surface area (Å²) in [6.45, 7) is 2.62. The number of amides is 1. The fourth-order valence-corrected chi connectivity index (χ4v) is 3.23. The van der Waals surface area contributed by atoms with Gasteiger partial charge in [-0.25, -0.2) is 0 Å². The van der Waals surface area contributed by atoms with E-state index in [0.717, 1.165) is 25.7 Å². The van der Waals surface area contributed by atoms with Crippen LogP contribution in [0.4, 0.5) is 5.69 Å². The molecule has 110 valence electrons. The predicted molar refractivity (Wildman–Crippen MR) is 86.9 cm³/mol. The summed E-state index contributed by atoms with van der Waals surface area (Å²) < 4.78 is 0.714. The molecule has 1 amide bonds. The number of benzene rings is 1. The molecule has 5 heteroatoms. The Labute approximate surface area is 133 Å². The Morgan fingerprint density at radius 3 is 2.75 bits per heavy atom. The molecule has 3 N–H and O–H groups in total. The average molecular weight is 360 g/mol. The molecule has 1 fully saturated rings. The van der Waals surface area contributed by atoms with Gasteiger partial charge in [0.2, 0.25) is 5.91 Å². The van der Waals surface area contributed by atoms with Crippen LogP contribution in [0, 0.1) is 11.3 Å². The number of nitrogens with two attached hydrogens (primary N) is 1. The summed E-state index contributed by atoms with van der Waals surface area (Å²) in [5.41, 5.74) is 6.17. The van der Waals surface area contributed by atoms with Gasteiger partial charge in [-0.2, -0.15) is 0 Å². The van der Waals surface area contributed by atoms with Crippen molar-refractivity contribution in [1.82, 2.24) is 0 Å². The topological polar surface area (TPSA) is 55.1 Å². The first-order valence-electron chi connectivity index (χ1n) is 6.94. The minimum Gasteiger partial charge on any atom is -0.329 e. The first-order valence-corrected chi connectivity index (χ1v) is 8.11. The van der Waals surface area contributed by atoms with Crippen LogP contribution < -0.4 is 11.1 Å². The van der Waals surface area contributed by atoms with Crippen molar-refractivity contribution in [3.8, 4) is 0 Å². The molecule has 0 unspecified atom stereocenters. The SMILES string of the molecule is CC1CCC(CN)(C(=O)Nc2cccc(Cl)c2Br)CC1. The molecule has 20 heavy (non-hydrogen) atoms. The first kappa shape index (κ1) is 15.8. The Morgan fingerprint density at radius 1 is 1.50 bits per heavy atom. The lowest BCUT2D eigenvalue weighted by Crippen LogP contribution is -2.44. The van der Waals surface area contributed by atoms with E-state index in [1.54, 1.807) is 6.07 Å². The fraction of sp³-hybridized carbons (Fsp3) is 0.533. The third-order valence-electron chi connectivity index (χ3n) is 4.30. The zero-order valence-corrected chi connectivity index (χ0v) is 13.9. The van der Waals surface area contributed by atoms with E-state index in [-0.39, 0.29) is 5.91 Å². The van der Waals surface area contributed by atoms with Crippen molar-refractivity contribution >= 4 is 39.1 Å². The van der Waals surface area contributed by atoms with E-state index in [2.05, 4.69) is 28.2 Å². The Morgan fingerprint density at radius 2 is 2.15 bits per heavy atom. The van der Waals surface area contributed by atoms with Crippen LogP contribution in [-0.4, -0.2) is 12.5 Å². The van der Waals surface area contributed by atoms with Gasteiger partial charge in [-0.05, 0) is 59.7 Å². The van der Waals surface area contributed by atoms with Crippen molar-refractivity contribution in [1.29, 1.82) is 0 Å². The van der Waals surface area contributed by atoms with Gasteiger partial charge in [0.05, 0.1) is 20.6 Å². The fourth-order valence-electron chi connectivity index (χ4n) is 2.69. The minimum atomic E-state index is -0.436. The molecule has 0 aromatic heterocycles. The molecular weight excluding hydrogens is 340 g/mol. The highest BCUT2D eigenvalue weighted by atomic mass is 79.9. The van der Waals surface area contributed by atoms with Gasteiger partial charge in [-0.1, -0.05) is 24.6 Å². The Balaban J connectivity index is 2.16. The van der Waals surface area contributed by atoms with Crippen molar-refractivity contribution < 1.29 is 4.79 Å². The molecule has 0 bridgehead atoms. The van der Waals surface area contributed by atoms with Crippen molar-refractivity contribution in [2.24, 2.45) is 17.1 Å². The molecule has 1 aromatic rings. The second-order valence-corrected chi connectivity index (χ2v) is 6.92. The summed E-state index contributed by atoms with van der Waals surface area (Å²) in [4.78, 5) is 12.6. The standard InChI is InChI=1S/C15H20BrClN2O/c1-10-5-7-15(9-18,8-6-10)14(20)19-12-4-2-3-11(17)13(12)16/h2-4,10H,5-9,18H2,1H3,(H,19,20). The van der Waals surface area contributed by atoms with Gasteiger partial charge in [0.1, 0.15) is 0 Å². The maximum absolute atomic E-state index is 12.6. The summed E-state index contributed by atoms with van der Waals surface area (Å²) in [5, 5.41) is 3.56. The summed E-state index contributed by atoms with van der Waals surface area (Å²) in [6, 6.07) is 5.44. The molecule has 0 atom stereocenters. The lowest BCUT2D eigenvalue weighted by Gasteiger charge is -2.37. The number of hydrogen-bond donors (Lipinski definition) is 2. The van der Waals surface area contributed by atoms with Gasteiger partial charge in [0.25, 0.3) is 0 Å². The highest BCUT2D eigenvalue weighted by Crippen LogP contribution is 2.40. The molecule has 2 rings (SSSR count). The van der Waals surface area contributed by atoms with Gasteiger partial charge in [0.15, 0.2) is 0 Å². The second-order valence-electron chi connectivity index (χ2n) is 5.72. The van der Waals surface area contributed by atoms with Crippen molar-refractivity contribution in [2.75, 3.05) is 11.9 Å². The van der Waals surface area contributed by atoms with Gasteiger partial charge in [-0.15, -0.1) is 0 Å². The summed E-state index contributed by atoms with van der Waals surface area (Å²) in [5.74, 6) is 0.690. The monoisotopic (exact) mass is 358 g/mol. The number of nitrogens with one attached hydrogen (secondary N) is 1. The summed E-state index contributed by atoms with van der Waals surface area (Å²) in [7, 11) is 0. The molecule has 1 aliphatic carbocycles. The molecule has 1 saturated carbocycles. The van der Waals surface area contributed by atoms with Crippen LogP contribution in [0.5, 0.6) is 0 Å². The lowest BCUT2D eigenvalue weighted by molar-refractivity contribution is -0.127. The smallest absolute Gasteiger partial charge is 0.231 e. The summed E-state index contributed by atoms with van der Waals surface area (Å²) >= 11 is 9.45. The number of carbonyl (C=O) groups is 1. The van der Waals surface area contributed by atoms with E-state index in [0.29, 0.717) is 27.6 Å². The van der Waals surface area contributed by atoms with Gasteiger partial charge in [0, 0.05) is 6.54 Å². The molecular formula is C15H20BrClN2O. The van der Waals surface area contributed by atoms with E-state index in [1.807, 2.05) is 12.1 Å². The van der Waals surface area contributed by atoms with E-state index in [4.69, 9.17) is 17.3 Å². The van der Waals surface area contributed by atoms with Crippen LogP contribution in [0.3, 0.4) is 0 Å². The molecule has 3 nitrogen and oxygen atoms in total. The predicted octanol–water partition coefficient (Wildman–Crippen LogP) is 4.20. The molecule has 0 radical (unpaired) electrons. The zero-order valence-electron chi connectivity index (χ0n) is 11.6. The normalized spacial score (nSPS) is 26.3. The van der Waals surface area contributed by atoms with Crippen molar-refractivity contribution in [2.45, 2.75) is 32.6 Å². The largest absolute Gasteiger partial charge is 0.329 e. The third kappa shape index (κ3) is 3.18. The minimum absolute atomic E-state index is 0.00914. The number of anilines is 1. The Hall–Kier alpha value is -0.580. The highest BCUT2D eigenvalue weighted by molar-refractivity contribution is 9.10. The van der Waals surface area contributed by atoms with Crippen LogP contribution >= 0.6 is 27.5 Å². The van der Waals surface area contributed by atoms with E-state index >= 15 is 0 Å². The Kier molecular flexibility index (Phi) is 5.10. The van der Waals surface area contributed by atoms with Crippen molar-refractivity contribution in [3.05, 3.63) is 27.7 Å². The van der Waals surface area contributed by atoms with Crippen LogP contribution in [0.1, 0.15) is 32.6 Å². The van der Waals surface area contributed by atoms with Crippen LogP contribution in [0.2, 0.25) is 5.02 Å². The average Bonchev–Trinajstić information content (AvgIpc) is 2.45. The first-order chi connectivity index (χ1) is 9.48. The zero-order chi connectivity index (χ0) is 14.8. The van der Waals surface area contributed by atoms with Crippen LogP contribution in [0.25, 0.3) is 0 Å². The molecule has 0 saturated heterocycles. The number of rotatable bonds is 3. The van der Waals surface area contributed by atoms with E-state index < -0.39 is 5.41 Å². The molecule has 1 aromatic carbocycles. The van der Waals surface area contributed by atoms with Crippen LogP contribution in [0.15, 0.2) is 22.7 Å². The van der Waals surface area contributed by atoms with E-state index in [1.165, 1.54) is 0 Å². The van der Waals surface area contributed by atoms with E-state index in [9.17, 15) is 4.79 Å². The molecule has 0 spiro atoms. The van der Waals surface area contributed by atoms with Crippen LogP contribution in [-0.2, 0) is 4.79 Å². The van der Waals surface area contributed by atoms with Crippen molar-refractivity contribution in [3.63, 3.8) is 0 Å². The maximum atomic E-state index is 12.6. The van der Waals surface area contributed by atoms with Gasteiger partial charge >= 0.3 is 0 Å². The lowest BCUT2D eigenvalue weighted by atomic mass is 9.70. The highest BCUT2D eigenvalue weighted by Gasteiger charge is 2.40. The molecule has 1 aliphatic rings. The maximum Gasteiger partial charge on any atom is 0.231 e. The molecule has 0 heterocycles. The Bertz CT molecular complexity index is 499. The quantitative estimate of drug-likeness (QED) is 0.850. The second kappa shape index (κ2) is 6.46. The molecule has 0 aliphatic heterocycles.